The van der Waals surface area contributed by atoms with Crippen LogP contribution in [0.5, 0.6) is 11.5 Å². The lowest BCUT2D eigenvalue weighted by Crippen LogP contribution is -2.14. The van der Waals surface area contributed by atoms with Crippen LogP contribution in [0, 0.1) is 0 Å². The van der Waals surface area contributed by atoms with Gasteiger partial charge in [0.2, 0.25) is 0 Å². The van der Waals surface area contributed by atoms with Crippen LogP contribution in [0.2, 0.25) is 0 Å². The highest BCUT2D eigenvalue weighted by atomic mass is 16.7. The number of phenolic OH excluding ortho intramolecular Hbond substituents is 2. The summed E-state index contributed by atoms with van der Waals surface area (Å²) < 4.78 is 0. The molecule has 1 amide bonds. The van der Waals surface area contributed by atoms with Gasteiger partial charge in [-0.15, -0.1) is 0 Å². The van der Waals surface area contributed by atoms with E-state index in [1.54, 1.807) is 6.07 Å². The van der Waals surface area contributed by atoms with Crippen LogP contribution in [-0.2, 0) is 11.3 Å². The van der Waals surface area contributed by atoms with Crippen molar-refractivity contribution < 1.29 is 19.8 Å². The highest BCUT2D eigenvalue weighted by Crippen LogP contribution is 2.25. The van der Waals surface area contributed by atoms with Gasteiger partial charge in [-0.05, 0) is 29.1 Å². The van der Waals surface area contributed by atoms with Crippen LogP contribution in [0.3, 0.4) is 0 Å². The van der Waals surface area contributed by atoms with Crippen molar-refractivity contribution in [1.82, 2.24) is 0 Å². The lowest BCUT2D eigenvalue weighted by Gasteiger charge is -2.10. The zero-order chi connectivity index (χ0) is 21.6. The van der Waals surface area contributed by atoms with Gasteiger partial charge in [-0.2, -0.15) is 0 Å². The monoisotopic (exact) mass is 412 g/mol. The van der Waals surface area contributed by atoms with E-state index in [1.165, 1.54) is 18.2 Å². The van der Waals surface area contributed by atoms with Crippen molar-refractivity contribution in [3.05, 3.63) is 102 Å². The smallest absolute Gasteiger partial charge is 0.437 e. The lowest BCUT2D eigenvalue weighted by molar-refractivity contribution is 0.166. The van der Waals surface area contributed by atoms with Crippen molar-refractivity contribution in [2.24, 2.45) is 5.16 Å². The number of carbonyl (C=O) groups is 1. The Balaban J connectivity index is 1.58. The van der Waals surface area contributed by atoms with Gasteiger partial charge in [0.15, 0.2) is 0 Å². The van der Waals surface area contributed by atoms with Crippen LogP contribution in [0.25, 0.3) is 10.8 Å². The molecule has 0 unspecified atom stereocenters. The van der Waals surface area contributed by atoms with Gasteiger partial charge in [0.05, 0.1) is 11.4 Å². The minimum atomic E-state index is -0.750. The average molecular weight is 412 g/mol. The number of nitrogens with one attached hydrogen (secondary N) is 1. The third kappa shape index (κ3) is 4.82. The van der Waals surface area contributed by atoms with Crippen LogP contribution in [-0.4, -0.2) is 22.0 Å². The molecule has 0 bridgehead atoms. The molecule has 0 aliphatic heterocycles. The van der Waals surface area contributed by atoms with Crippen molar-refractivity contribution >= 4 is 28.3 Å². The Morgan fingerprint density at radius 2 is 1.61 bits per heavy atom. The summed E-state index contributed by atoms with van der Waals surface area (Å²) in [5, 5.41) is 28.4. The predicted octanol–water partition coefficient (Wildman–Crippen LogP) is 5.45. The second-order valence-corrected chi connectivity index (χ2v) is 6.93. The summed E-state index contributed by atoms with van der Waals surface area (Å²) >= 11 is 0. The molecule has 0 saturated carbocycles. The van der Waals surface area contributed by atoms with E-state index in [0.29, 0.717) is 23.4 Å². The number of amides is 1. The molecule has 3 N–H and O–H groups in total. The Bertz CT molecular complexity index is 1250. The van der Waals surface area contributed by atoms with Crippen LogP contribution >= 0.6 is 0 Å². The third-order valence-electron chi connectivity index (χ3n) is 4.77. The Kier molecular flexibility index (Phi) is 5.80. The maximum Gasteiger partial charge on any atom is 0.437 e. The van der Waals surface area contributed by atoms with Gasteiger partial charge in [0.25, 0.3) is 0 Å². The summed E-state index contributed by atoms with van der Waals surface area (Å²) in [6.07, 6.45) is -0.430. The molecule has 4 rings (SSSR count). The molecule has 0 radical (unpaired) electrons. The SMILES string of the molecule is O=C(Nc1cccc2ccccc12)ON=C(Cc1ccccc1)c1ccc(O)cc1O. The molecule has 31 heavy (non-hydrogen) atoms. The molecule has 0 atom stereocenters. The fraction of sp³-hybridized carbons (Fsp3) is 0.0400. The molecule has 4 aromatic carbocycles. The fourth-order valence-corrected chi connectivity index (χ4v) is 3.29. The van der Waals surface area contributed by atoms with Crippen molar-refractivity contribution in [3.63, 3.8) is 0 Å². The number of aromatic hydroxyl groups is 2. The number of benzene rings is 4. The van der Waals surface area contributed by atoms with E-state index in [0.717, 1.165) is 16.3 Å². The second kappa shape index (κ2) is 9.00. The molecule has 6 nitrogen and oxygen atoms in total. The van der Waals surface area contributed by atoms with Crippen LogP contribution < -0.4 is 5.32 Å². The standard InChI is InChI=1S/C25H20N2O4/c28-19-13-14-21(24(29)16-19)23(15-17-7-2-1-3-8-17)27-31-25(30)26-22-12-6-10-18-9-4-5-11-20(18)22/h1-14,16,28-29H,15H2,(H,26,30). The van der Waals surface area contributed by atoms with Crippen molar-refractivity contribution in [3.8, 4) is 11.5 Å². The quantitative estimate of drug-likeness (QED) is 0.231. The normalized spacial score (nSPS) is 11.3. The molecule has 154 valence electrons. The molecule has 0 heterocycles. The third-order valence-corrected chi connectivity index (χ3v) is 4.77. The molecule has 0 aromatic heterocycles. The summed E-state index contributed by atoms with van der Waals surface area (Å²) in [7, 11) is 0. The molecule has 0 fully saturated rings. The summed E-state index contributed by atoms with van der Waals surface area (Å²) in [6.45, 7) is 0. The Labute approximate surface area is 179 Å². The van der Waals surface area contributed by atoms with Gasteiger partial charge in [-0.25, -0.2) is 4.79 Å². The van der Waals surface area contributed by atoms with Gasteiger partial charge in [0, 0.05) is 23.4 Å². The Morgan fingerprint density at radius 1 is 0.871 bits per heavy atom. The first-order valence-corrected chi connectivity index (χ1v) is 9.69. The van der Waals surface area contributed by atoms with Crippen molar-refractivity contribution in [1.29, 1.82) is 0 Å². The number of rotatable bonds is 5. The summed E-state index contributed by atoms with van der Waals surface area (Å²) in [5.74, 6) is -0.234. The van der Waals surface area contributed by atoms with E-state index in [9.17, 15) is 15.0 Å². The molecular formula is C25H20N2O4. The van der Waals surface area contributed by atoms with Crippen molar-refractivity contribution in [2.75, 3.05) is 5.32 Å². The first kappa shape index (κ1) is 20.0. The topological polar surface area (TPSA) is 91.2 Å². The van der Waals surface area contributed by atoms with Gasteiger partial charge in [-0.1, -0.05) is 71.9 Å². The molecule has 0 saturated heterocycles. The number of hydrogen-bond donors (Lipinski definition) is 3. The van der Waals surface area contributed by atoms with E-state index in [1.807, 2.05) is 66.7 Å². The van der Waals surface area contributed by atoms with Gasteiger partial charge in [-0.3, -0.25) is 10.2 Å². The number of nitrogens with zero attached hydrogens (tertiary/aromatic N) is 1. The lowest BCUT2D eigenvalue weighted by atomic mass is 10.0. The fourth-order valence-electron chi connectivity index (χ4n) is 3.29. The first-order valence-electron chi connectivity index (χ1n) is 9.69. The van der Waals surface area contributed by atoms with Gasteiger partial charge in [0.1, 0.15) is 11.5 Å². The molecule has 0 aliphatic rings. The minimum absolute atomic E-state index is 0.0741. The van der Waals surface area contributed by atoms with Gasteiger partial charge >= 0.3 is 6.09 Å². The van der Waals surface area contributed by atoms with Crippen LogP contribution in [0.1, 0.15) is 11.1 Å². The number of carbonyl (C=O) groups excluding carboxylic acids is 1. The number of anilines is 1. The molecule has 0 aliphatic carbocycles. The minimum Gasteiger partial charge on any atom is -0.508 e. The van der Waals surface area contributed by atoms with E-state index in [4.69, 9.17) is 4.84 Å². The van der Waals surface area contributed by atoms with E-state index < -0.39 is 6.09 Å². The van der Waals surface area contributed by atoms with E-state index >= 15 is 0 Å². The maximum atomic E-state index is 12.4. The highest BCUT2D eigenvalue weighted by Gasteiger charge is 2.14. The predicted molar refractivity (Wildman–Crippen MR) is 121 cm³/mol. The van der Waals surface area contributed by atoms with Crippen molar-refractivity contribution in [2.45, 2.75) is 6.42 Å². The van der Waals surface area contributed by atoms with E-state index in [2.05, 4.69) is 10.5 Å². The molecule has 0 spiro atoms. The average Bonchev–Trinajstić information content (AvgIpc) is 2.78. The zero-order valence-electron chi connectivity index (χ0n) is 16.5. The largest absolute Gasteiger partial charge is 0.508 e. The molecular weight excluding hydrogens is 392 g/mol. The number of oxime groups is 1. The van der Waals surface area contributed by atoms with E-state index in [-0.39, 0.29) is 11.5 Å². The number of fused-ring (bicyclic) bond motifs is 1. The summed E-state index contributed by atoms with van der Waals surface area (Å²) in [6, 6.07) is 26.9. The summed E-state index contributed by atoms with van der Waals surface area (Å²) in [5.41, 5.74) is 2.23. The highest BCUT2D eigenvalue weighted by molar-refractivity contribution is 6.04. The Morgan fingerprint density at radius 3 is 2.42 bits per heavy atom. The maximum absolute atomic E-state index is 12.4. The zero-order valence-corrected chi connectivity index (χ0v) is 16.5. The molecule has 4 aromatic rings. The second-order valence-electron chi connectivity index (χ2n) is 6.93. The number of hydrogen-bond acceptors (Lipinski definition) is 5. The Hall–Kier alpha value is -4.32. The molecule has 6 heteroatoms. The van der Waals surface area contributed by atoms with Crippen LogP contribution in [0.15, 0.2) is 96.2 Å². The first-order chi connectivity index (χ1) is 15.1. The van der Waals surface area contributed by atoms with Crippen LogP contribution in [0.4, 0.5) is 10.5 Å². The number of phenols is 2. The van der Waals surface area contributed by atoms with Gasteiger partial charge < -0.3 is 10.2 Å². The summed E-state index contributed by atoms with van der Waals surface area (Å²) in [4.78, 5) is 17.6.